The Kier molecular flexibility index (Phi) is 3.99. The summed E-state index contributed by atoms with van der Waals surface area (Å²) in [5, 5.41) is 3.91. The van der Waals surface area contributed by atoms with E-state index in [-0.39, 0.29) is 11.8 Å². The van der Waals surface area contributed by atoms with Crippen molar-refractivity contribution in [1.29, 1.82) is 0 Å². The Morgan fingerprint density at radius 3 is 2.86 bits per heavy atom. The molecule has 0 N–H and O–H groups in total. The summed E-state index contributed by atoms with van der Waals surface area (Å²) in [6.45, 7) is 3.41. The molecule has 1 unspecified atom stereocenters. The van der Waals surface area contributed by atoms with Gasteiger partial charge in [-0.2, -0.15) is 4.98 Å². The number of rotatable bonds is 5. The molecule has 0 aliphatic carbocycles. The maximum atomic E-state index is 12.1. The zero-order valence-electron chi connectivity index (χ0n) is 12.2. The number of aromatic nitrogens is 2. The highest BCUT2D eigenvalue weighted by Crippen LogP contribution is 2.27. The van der Waals surface area contributed by atoms with Gasteiger partial charge < -0.3 is 9.42 Å². The summed E-state index contributed by atoms with van der Waals surface area (Å²) >= 11 is 0. The van der Waals surface area contributed by atoms with Gasteiger partial charge in [0.2, 0.25) is 11.8 Å². The van der Waals surface area contributed by atoms with Crippen LogP contribution < -0.4 is 0 Å². The molecule has 1 aliphatic heterocycles. The standard InChI is InChI=1S/C16H19N3O2/c1-2-14-17-16(21-18-14)13-10-15(20)19(11-13)9-8-12-6-4-3-5-7-12/h3-7,13H,2,8-11H2,1H3. The summed E-state index contributed by atoms with van der Waals surface area (Å²) in [6.07, 6.45) is 2.10. The fourth-order valence-electron chi connectivity index (χ4n) is 2.64. The maximum Gasteiger partial charge on any atom is 0.232 e. The zero-order valence-corrected chi connectivity index (χ0v) is 12.2. The number of amides is 1. The van der Waals surface area contributed by atoms with E-state index in [1.54, 1.807) is 0 Å². The molecule has 1 aromatic carbocycles. The Hall–Kier alpha value is -2.17. The number of likely N-dealkylation sites (tertiary alicyclic amines) is 1. The third kappa shape index (κ3) is 3.12. The van der Waals surface area contributed by atoms with Crippen LogP contribution in [-0.4, -0.2) is 34.0 Å². The smallest absolute Gasteiger partial charge is 0.232 e. The van der Waals surface area contributed by atoms with Gasteiger partial charge >= 0.3 is 0 Å². The second-order valence-electron chi connectivity index (χ2n) is 5.38. The molecule has 2 heterocycles. The van der Waals surface area contributed by atoms with Crippen LogP contribution in [0.2, 0.25) is 0 Å². The van der Waals surface area contributed by atoms with Crippen LogP contribution in [0.3, 0.4) is 0 Å². The fourth-order valence-corrected chi connectivity index (χ4v) is 2.64. The SMILES string of the molecule is CCc1noc(C2CC(=O)N(CCc3ccccc3)C2)n1. The molecule has 0 saturated carbocycles. The molecule has 3 rings (SSSR count). The summed E-state index contributed by atoms with van der Waals surface area (Å²) in [4.78, 5) is 18.3. The van der Waals surface area contributed by atoms with Crippen molar-refractivity contribution in [2.75, 3.05) is 13.1 Å². The monoisotopic (exact) mass is 285 g/mol. The van der Waals surface area contributed by atoms with Gasteiger partial charge in [0.05, 0.1) is 5.92 Å². The highest BCUT2D eigenvalue weighted by molar-refractivity contribution is 5.79. The molecule has 1 amide bonds. The van der Waals surface area contributed by atoms with Gasteiger partial charge in [-0.15, -0.1) is 0 Å². The van der Waals surface area contributed by atoms with Gasteiger partial charge in [0.15, 0.2) is 5.82 Å². The quantitative estimate of drug-likeness (QED) is 0.845. The fraction of sp³-hybridized carbons (Fsp3) is 0.438. The first kappa shape index (κ1) is 13.8. The highest BCUT2D eigenvalue weighted by Gasteiger charge is 2.33. The van der Waals surface area contributed by atoms with Crippen molar-refractivity contribution >= 4 is 5.91 Å². The van der Waals surface area contributed by atoms with E-state index in [1.165, 1.54) is 5.56 Å². The van der Waals surface area contributed by atoms with Gasteiger partial charge in [-0.1, -0.05) is 42.4 Å². The number of carbonyl (C=O) groups is 1. The van der Waals surface area contributed by atoms with Crippen molar-refractivity contribution in [2.45, 2.75) is 32.1 Å². The van der Waals surface area contributed by atoms with Crippen LogP contribution >= 0.6 is 0 Å². The molecule has 1 aliphatic rings. The normalized spacial score (nSPS) is 18.4. The van der Waals surface area contributed by atoms with Crippen molar-refractivity contribution in [3.63, 3.8) is 0 Å². The van der Waals surface area contributed by atoms with Gasteiger partial charge in [0, 0.05) is 25.9 Å². The van der Waals surface area contributed by atoms with Crippen molar-refractivity contribution in [2.24, 2.45) is 0 Å². The summed E-state index contributed by atoms with van der Waals surface area (Å²) in [5.74, 6) is 1.52. The molecule has 2 aromatic rings. The molecule has 1 aromatic heterocycles. The lowest BCUT2D eigenvalue weighted by atomic mass is 10.1. The zero-order chi connectivity index (χ0) is 14.7. The Balaban J connectivity index is 1.59. The van der Waals surface area contributed by atoms with Gasteiger partial charge in [-0.25, -0.2) is 0 Å². The number of benzene rings is 1. The molecular formula is C16H19N3O2. The first-order valence-corrected chi connectivity index (χ1v) is 7.40. The van der Waals surface area contributed by atoms with E-state index in [0.29, 0.717) is 24.7 Å². The maximum absolute atomic E-state index is 12.1. The van der Waals surface area contributed by atoms with Gasteiger partial charge in [0.25, 0.3) is 0 Å². The van der Waals surface area contributed by atoms with Crippen LogP contribution in [0.5, 0.6) is 0 Å². The summed E-state index contributed by atoms with van der Waals surface area (Å²) in [6, 6.07) is 10.2. The van der Waals surface area contributed by atoms with Crippen molar-refractivity contribution in [1.82, 2.24) is 15.0 Å². The van der Waals surface area contributed by atoms with Crippen LogP contribution in [-0.2, 0) is 17.6 Å². The lowest BCUT2D eigenvalue weighted by molar-refractivity contribution is -0.127. The lowest BCUT2D eigenvalue weighted by Crippen LogP contribution is -2.27. The molecule has 1 fully saturated rings. The number of nitrogens with zero attached hydrogens (tertiary/aromatic N) is 3. The van der Waals surface area contributed by atoms with Crippen LogP contribution in [0.1, 0.15) is 36.5 Å². The average Bonchev–Trinajstić information content (AvgIpc) is 3.13. The van der Waals surface area contributed by atoms with Crippen molar-refractivity contribution < 1.29 is 9.32 Å². The van der Waals surface area contributed by atoms with E-state index in [0.717, 1.165) is 19.4 Å². The molecule has 5 heteroatoms. The Morgan fingerprint density at radius 2 is 2.14 bits per heavy atom. The van der Waals surface area contributed by atoms with Crippen LogP contribution in [0.4, 0.5) is 0 Å². The van der Waals surface area contributed by atoms with Crippen LogP contribution in [0.25, 0.3) is 0 Å². The van der Waals surface area contributed by atoms with E-state index in [1.807, 2.05) is 30.0 Å². The number of hydrogen-bond donors (Lipinski definition) is 0. The summed E-state index contributed by atoms with van der Waals surface area (Å²) < 4.78 is 5.26. The first-order valence-electron chi connectivity index (χ1n) is 7.40. The molecule has 0 bridgehead atoms. The minimum absolute atomic E-state index is 0.0427. The van der Waals surface area contributed by atoms with E-state index in [4.69, 9.17) is 4.52 Å². The predicted molar refractivity (Wildman–Crippen MR) is 77.8 cm³/mol. The van der Waals surface area contributed by atoms with E-state index < -0.39 is 0 Å². The molecule has 0 spiro atoms. The minimum Gasteiger partial charge on any atom is -0.342 e. The van der Waals surface area contributed by atoms with E-state index >= 15 is 0 Å². The Bertz CT molecular complexity index is 609. The second kappa shape index (κ2) is 6.08. The predicted octanol–water partition coefficient (Wildman–Crippen LogP) is 2.19. The number of hydrogen-bond acceptors (Lipinski definition) is 4. The van der Waals surface area contributed by atoms with Gasteiger partial charge in [-0.3, -0.25) is 4.79 Å². The highest BCUT2D eigenvalue weighted by atomic mass is 16.5. The molecule has 0 radical (unpaired) electrons. The number of carbonyl (C=O) groups excluding carboxylic acids is 1. The molecular weight excluding hydrogens is 266 g/mol. The third-order valence-corrected chi connectivity index (χ3v) is 3.88. The molecule has 110 valence electrons. The minimum atomic E-state index is 0.0427. The third-order valence-electron chi connectivity index (χ3n) is 3.88. The largest absolute Gasteiger partial charge is 0.342 e. The molecule has 21 heavy (non-hydrogen) atoms. The van der Waals surface area contributed by atoms with Crippen molar-refractivity contribution in [3.8, 4) is 0 Å². The van der Waals surface area contributed by atoms with E-state index in [9.17, 15) is 4.79 Å². The Labute approximate surface area is 124 Å². The average molecular weight is 285 g/mol. The van der Waals surface area contributed by atoms with Crippen LogP contribution in [0.15, 0.2) is 34.9 Å². The summed E-state index contributed by atoms with van der Waals surface area (Å²) in [7, 11) is 0. The van der Waals surface area contributed by atoms with Gasteiger partial charge in [-0.05, 0) is 12.0 Å². The van der Waals surface area contributed by atoms with E-state index in [2.05, 4.69) is 22.3 Å². The Morgan fingerprint density at radius 1 is 1.33 bits per heavy atom. The van der Waals surface area contributed by atoms with Crippen LogP contribution in [0, 0.1) is 0 Å². The molecule has 1 saturated heterocycles. The molecule has 1 atom stereocenters. The lowest BCUT2D eigenvalue weighted by Gasteiger charge is -2.15. The summed E-state index contributed by atoms with van der Waals surface area (Å²) in [5.41, 5.74) is 1.25. The van der Waals surface area contributed by atoms with Gasteiger partial charge in [0.1, 0.15) is 0 Å². The first-order chi connectivity index (χ1) is 10.3. The second-order valence-corrected chi connectivity index (χ2v) is 5.38. The topological polar surface area (TPSA) is 59.2 Å². The molecule has 5 nitrogen and oxygen atoms in total. The number of aryl methyl sites for hydroxylation is 1. The van der Waals surface area contributed by atoms with Crippen molar-refractivity contribution in [3.05, 3.63) is 47.6 Å².